The third kappa shape index (κ3) is 2.83. The number of hydrogen-bond acceptors (Lipinski definition) is 1. The van der Waals surface area contributed by atoms with Gasteiger partial charge >= 0.3 is 0 Å². The van der Waals surface area contributed by atoms with E-state index in [0.717, 1.165) is 23.0 Å². The highest BCUT2D eigenvalue weighted by Crippen LogP contribution is 2.14. The standard InChI is InChI=1S/C17H14F2N2O/c18-14-6-5-13(11-15(14)19)17(22)20-8-10-21-9-7-12-3-1-2-4-16(12)21/h1-7,9,11H,8,10H2,(H,20,22). The van der Waals surface area contributed by atoms with E-state index >= 15 is 0 Å². The van der Waals surface area contributed by atoms with Crippen LogP contribution in [0.5, 0.6) is 0 Å². The molecule has 0 unspecified atom stereocenters. The minimum atomic E-state index is -1.02. The number of benzene rings is 2. The molecule has 3 rings (SSSR count). The molecule has 5 heteroatoms. The molecule has 0 bridgehead atoms. The molecule has 0 saturated heterocycles. The Morgan fingerprint density at radius 3 is 2.68 bits per heavy atom. The minimum Gasteiger partial charge on any atom is -0.350 e. The number of aromatic nitrogens is 1. The Hall–Kier alpha value is -2.69. The van der Waals surface area contributed by atoms with Crippen molar-refractivity contribution in [2.24, 2.45) is 0 Å². The van der Waals surface area contributed by atoms with Crippen LogP contribution >= 0.6 is 0 Å². The number of nitrogens with zero attached hydrogens (tertiary/aromatic N) is 1. The van der Waals surface area contributed by atoms with Crippen LogP contribution < -0.4 is 5.32 Å². The largest absolute Gasteiger partial charge is 0.350 e. The quantitative estimate of drug-likeness (QED) is 0.787. The Morgan fingerprint density at radius 1 is 1.05 bits per heavy atom. The molecule has 1 amide bonds. The summed E-state index contributed by atoms with van der Waals surface area (Å²) in [5.41, 5.74) is 1.20. The molecule has 0 atom stereocenters. The van der Waals surface area contributed by atoms with E-state index in [1.165, 1.54) is 6.07 Å². The number of halogens is 2. The maximum Gasteiger partial charge on any atom is 0.251 e. The number of para-hydroxylation sites is 1. The zero-order valence-corrected chi connectivity index (χ0v) is 11.7. The lowest BCUT2D eigenvalue weighted by molar-refractivity contribution is 0.0952. The van der Waals surface area contributed by atoms with E-state index in [0.29, 0.717) is 13.1 Å². The first-order chi connectivity index (χ1) is 10.6. The van der Waals surface area contributed by atoms with Gasteiger partial charge in [-0.1, -0.05) is 18.2 Å². The van der Waals surface area contributed by atoms with Crippen molar-refractivity contribution in [3.05, 3.63) is 71.9 Å². The van der Waals surface area contributed by atoms with Crippen molar-refractivity contribution >= 4 is 16.8 Å². The topological polar surface area (TPSA) is 34.0 Å². The maximum atomic E-state index is 13.1. The number of carbonyl (C=O) groups is 1. The number of hydrogen-bond donors (Lipinski definition) is 1. The van der Waals surface area contributed by atoms with Crippen molar-refractivity contribution in [2.45, 2.75) is 6.54 Å². The summed E-state index contributed by atoms with van der Waals surface area (Å²) < 4.78 is 28.0. The molecular weight excluding hydrogens is 286 g/mol. The van der Waals surface area contributed by atoms with E-state index in [2.05, 4.69) is 5.32 Å². The number of nitrogens with one attached hydrogen (secondary N) is 1. The van der Waals surface area contributed by atoms with Gasteiger partial charge in [-0.2, -0.15) is 0 Å². The van der Waals surface area contributed by atoms with Crippen molar-refractivity contribution in [3.8, 4) is 0 Å². The van der Waals surface area contributed by atoms with Gasteiger partial charge in [0.15, 0.2) is 11.6 Å². The highest BCUT2D eigenvalue weighted by Gasteiger charge is 2.09. The van der Waals surface area contributed by atoms with Crippen LogP contribution in [0, 0.1) is 11.6 Å². The van der Waals surface area contributed by atoms with Gasteiger partial charge in [-0.3, -0.25) is 4.79 Å². The van der Waals surface area contributed by atoms with Crippen LogP contribution in [0.1, 0.15) is 10.4 Å². The zero-order chi connectivity index (χ0) is 15.5. The van der Waals surface area contributed by atoms with Gasteiger partial charge in [-0.25, -0.2) is 8.78 Å². The summed E-state index contributed by atoms with van der Waals surface area (Å²) in [6.45, 7) is 0.999. The van der Waals surface area contributed by atoms with Crippen molar-refractivity contribution in [1.82, 2.24) is 9.88 Å². The molecular formula is C17H14F2N2O. The van der Waals surface area contributed by atoms with Crippen molar-refractivity contribution in [3.63, 3.8) is 0 Å². The predicted molar refractivity (Wildman–Crippen MR) is 80.6 cm³/mol. The second-order valence-electron chi connectivity index (χ2n) is 4.95. The molecule has 0 aliphatic heterocycles. The van der Waals surface area contributed by atoms with Crippen LogP contribution in [0.15, 0.2) is 54.7 Å². The Labute approximate surface area is 126 Å². The molecule has 112 valence electrons. The lowest BCUT2D eigenvalue weighted by Gasteiger charge is -2.08. The lowest BCUT2D eigenvalue weighted by atomic mass is 10.2. The molecule has 22 heavy (non-hydrogen) atoms. The van der Waals surface area contributed by atoms with E-state index < -0.39 is 17.5 Å². The van der Waals surface area contributed by atoms with Gasteiger partial charge < -0.3 is 9.88 Å². The lowest BCUT2D eigenvalue weighted by Crippen LogP contribution is -2.27. The number of rotatable bonds is 4. The predicted octanol–water partition coefficient (Wildman–Crippen LogP) is 3.35. The fourth-order valence-corrected chi connectivity index (χ4v) is 2.36. The Bertz CT molecular complexity index is 826. The van der Waals surface area contributed by atoms with E-state index in [9.17, 15) is 13.6 Å². The van der Waals surface area contributed by atoms with E-state index in [-0.39, 0.29) is 5.56 Å². The van der Waals surface area contributed by atoms with Gasteiger partial charge in [0, 0.05) is 30.4 Å². The second-order valence-corrected chi connectivity index (χ2v) is 4.95. The highest BCUT2D eigenvalue weighted by molar-refractivity contribution is 5.94. The molecule has 0 aliphatic carbocycles. The summed E-state index contributed by atoms with van der Waals surface area (Å²) in [5, 5.41) is 3.83. The summed E-state index contributed by atoms with van der Waals surface area (Å²) in [5.74, 6) is -2.41. The molecule has 1 aromatic heterocycles. The fourth-order valence-electron chi connectivity index (χ4n) is 2.36. The van der Waals surface area contributed by atoms with Gasteiger partial charge in [0.1, 0.15) is 0 Å². The molecule has 3 aromatic rings. The Morgan fingerprint density at radius 2 is 1.86 bits per heavy atom. The van der Waals surface area contributed by atoms with Crippen molar-refractivity contribution in [1.29, 1.82) is 0 Å². The summed E-state index contributed by atoms with van der Waals surface area (Å²) >= 11 is 0. The zero-order valence-electron chi connectivity index (χ0n) is 11.7. The van der Waals surface area contributed by atoms with Crippen LogP contribution in [0.3, 0.4) is 0 Å². The number of carbonyl (C=O) groups excluding carboxylic acids is 1. The average Bonchev–Trinajstić information content (AvgIpc) is 2.93. The SMILES string of the molecule is O=C(NCCn1ccc2ccccc21)c1ccc(F)c(F)c1. The van der Waals surface area contributed by atoms with Crippen LogP contribution in [-0.2, 0) is 6.54 Å². The number of fused-ring (bicyclic) bond motifs is 1. The first-order valence-electron chi connectivity index (χ1n) is 6.92. The molecule has 0 spiro atoms. The molecule has 2 aromatic carbocycles. The second kappa shape index (κ2) is 5.97. The molecule has 0 fully saturated rings. The summed E-state index contributed by atoms with van der Waals surface area (Å²) in [6.07, 6.45) is 1.95. The van der Waals surface area contributed by atoms with Gasteiger partial charge in [0.2, 0.25) is 0 Å². The summed E-state index contributed by atoms with van der Waals surface area (Å²) in [4.78, 5) is 11.9. The normalized spacial score (nSPS) is 10.8. The molecule has 1 N–H and O–H groups in total. The molecule has 0 radical (unpaired) electrons. The molecule has 0 aliphatic rings. The van der Waals surface area contributed by atoms with Crippen molar-refractivity contribution in [2.75, 3.05) is 6.54 Å². The van der Waals surface area contributed by atoms with Crippen LogP contribution in [0.4, 0.5) is 8.78 Å². The van der Waals surface area contributed by atoms with Gasteiger partial charge in [-0.05, 0) is 35.7 Å². The Balaban J connectivity index is 1.63. The smallest absolute Gasteiger partial charge is 0.251 e. The highest BCUT2D eigenvalue weighted by atomic mass is 19.2. The van der Waals surface area contributed by atoms with Crippen LogP contribution in [-0.4, -0.2) is 17.0 Å². The summed E-state index contributed by atoms with van der Waals surface area (Å²) in [6, 6.07) is 13.1. The maximum absolute atomic E-state index is 13.1. The van der Waals surface area contributed by atoms with Crippen LogP contribution in [0.25, 0.3) is 10.9 Å². The van der Waals surface area contributed by atoms with Gasteiger partial charge in [0.25, 0.3) is 5.91 Å². The van der Waals surface area contributed by atoms with Crippen LogP contribution in [0.2, 0.25) is 0 Å². The Kier molecular flexibility index (Phi) is 3.87. The van der Waals surface area contributed by atoms with E-state index in [1.54, 1.807) is 0 Å². The third-order valence-corrected chi connectivity index (χ3v) is 3.50. The van der Waals surface area contributed by atoms with Crippen molar-refractivity contribution < 1.29 is 13.6 Å². The third-order valence-electron chi connectivity index (χ3n) is 3.50. The first-order valence-corrected chi connectivity index (χ1v) is 6.92. The fraction of sp³-hybridized carbons (Fsp3) is 0.118. The number of amides is 1. The van der Waals surface area contributed by atoms with E-state index in [4.69, 9.17) is 0 Å². The molecule has 1 heterocycles. The molecule has 3 nitrogen and oxygen atoms in total. The summed E-state index contributed by atoms with van der Waals surface area (Å²) in [7, 11) is 0. The van der Waals surface area contributed by atoms with Gasteiger partial charge in [-0.15, -0.1) is 0 Å². The van der Waals surface area contributed by atoms with Gasteiger partial charge in [0.05, 0.1) is 0 Å². The molecule has 0 saturated carbocycles. The minimum absolute atomic E-state index is 0.108. The average molecular weight is 300 g/mol. The first kappa shape index (κ1) is 14.3. The van der Waals surface area contributed by atoms with E-state index in [1.807, 2.05) is 41.1 Å². The monoisotopic (exact) mass is 300 g/mol.